The van der Waals surface area contributed by atoms with E-state index in [-0.39, 0.29) is 17.2 Å². The summed E-state index contributed by atoms with van der Waals surface area (Å²) in [6.07, 6.45) is 0. The van der Waals surface area contributed by atoms with Gasteiger partial charge in [-0.2, -0.15) is 0 Å². The van der Waals surface area contributed by atoms with Crippen LogP contribution in [-0.4, -0.2) is 24.7 Å². The van der Waals surface area contributed by atoms with Gasteiger partial charge in [0, 0.05) is 17.8 Å². The molecule has 0 heterocycles. The second-order valence-electron chi connectivity index (χ2n) is 4.88. The SMILES string of the molecule is CCOc1cccc(O)c1C(=O)N(C)c1ccc(Cl)c(C)c1. The molecule has 22 heavy (non-hydrogen) atoms. The summed E-state index contributed by atoms with van der Waals surface area (Å²) < 4.78 is 5.44. The van der Waals surface area contributed by atoms with Gasteiger partial charge in [-0.05, 0) is 49.7 Å². The number of nitrogens with zero attached hydrogens (tertiary/aromatic N) is 1. The topological polar surface area (TPSA) is 49.8 Å². The van der Waals surface area contributed by atoms with Gasteiger partial charge < -0.3 is 14.7 Å². The molecule has 1 N–H and O–H groups in total. The first-order chi connectivity index (χ1) is 10.5. The van der Waals surface area contributed by atoms with Gasteiger partial charge in [0.05, 0.1) is 6.61 Å². The van der Waals surface area contributed by atoms with E-state index in [4.69, 9.17) is 16.3 Å². The predicted octanol–water partition coefficient (Wildman–Crippen LogP) is 4.03. The molecule has 0 fully saturated rings. The smallest absolute Gasteiger partial charge is 0.265 e. The largest absolute Gasteiger partial charge is 0.507 e. The summed E-state index contributed by atoms with van der Waals surface area (Å²) in [6, 6.07) is 10.1. The second kappa shape index (κ2) is 6.71. The number of halogens is 1. The highest BCUT2D eigenvalue weighted by atomic mass is 35.5. The molecule has 1 amide bonds. The number of amides is 1. The molecule has 5 heteroatoms. The van der Waals surface area contributed by atoms with E-state index in [1.54, 1.807) is 31.3 Å². The van der Waals surface area contributed by atoms with Crippen molar-refractivity contribution in [1.29, 1.82) is 0 Å². The number of carbonyl (C=O) groups is 1. The first kappa shape index (κ1) is 16.2. The van der Waals surface area contributed by atoms with Crippen LogP contribution in [0.5, 0.6) is 11.5 Å². The Balaban J connectivity index is 2.40. The molecule has 4 nitrogen and oxygen atoms in total. The molecule has 0 radical (unpaired) electrons. The molecule has 0 aliphatic rings. The fraction of sp³-hybridized carbons (Fsp3) is 0.235. The Morgan fingerprint density at radius 3 is 2.68 bits per heavy atom. The van der Waals surface area contributed by atoms with Crippen LogP contribution in [0.15, 0.2) is 36.4 Å². The number of hydrogen-bond donors (Lipinski definition) is 1. The molecular weight excluding hydrogens is 302 g/mol. The molecular formula is C17H18ClNO3. The van der Waals surface area contributed by atoms with Gasteiger partial charge in [-0.1, -0.05) is 17.7 Å². The zero-order valence-electron chi connectivity index (χ0n) is 12.8. The maximum atomic E-state index is 12.7. The van der Waals surface area contributed by atoms with Gasteiger partial charge in [0.25, 0.3) is 5.91 Å². The minimum absolute atomic E-state index is 0.103. The Bertz CT molecular complexity index is 700. The first-order valence-electron chi connectivity index (χ1n) is 6.94. The lowest BCUT2D eigenvalue weighted by atomic mass is 10.1. The zero-order chi connectivity index (χ0) is 16.3. The number of phenolic OH excluding ortho intramolecular Hbond substituents is 1. The maximum Gasteiger partial charge on any atom is 0.265 e. The molecule has 0 spiro atoms. The number of anilines is 1. The van der Waals surface area contributed by atoms with E-state index >= 15 is 0 Å². The van der Waals surface area contributed by atoms with Gasteiger partial charge in [0.2, 0.25) is 0 Å². The molecule has 116 valence electrons. The van der Waals surface area contributed by atoms with Crippen LogP contribution in [0.2, 0.25) is 5.02 Å². The monoisotopic (exact) mass is 319 g/mol. The standard InChI is InChI=1S/C17H18ClNO3/c1-4-22-15-7-5-6-14(20)16(15)17(21)19(3)12-8-9-13(18)11(2)10-12/h5-10,20H,4H2,1-3H3. The van der Waals surface area contributed by atoms with Crippen molar-refractivity contribution in [2.24, 2.45) is 0 Å². The third-order valence-electron chi connectivity index (χ3n) is 3.35. The summed E-state index contributed by atoms with van der Waals surface area (Å²) in [7, 11) is 1.65. The van der Waals surface area contributed by atoms with Crippen molar-refractivity contribution in [1.82, 2.24) is 0 Å². The highest BCUT2D eigenvalue weighted by molar-refractivity contribution is 6.31. The number of carbonyl (C=O) groups excluding carboxylic acids is 1. The lowest BCUT2D eigenvalue weighted by molar-refractivity contribution is 0.0986. The molecule has 0 aliphatic heterocycles. The summed E-state index contributed by atoms with van der Waals surface area (Å²) in [6.45, 7) is 4.10. The minimum Gasteiger partial charge on any atom is -0.507 e. The van der Waals surface area contributed by atoms with Crippen LogP contribution in [0.4, 0.5) is 5.69 Å². The Morgan fingerprint density at radius 2 is 2.05 bits per heavy atom. The average Bonchev–Trinajstić information content (AvgIpc) is 2.49. The van der Waals surface area contributed by atoms with E-state index in [9.17, 15) is 9.90 Å². The third kappa shape index (κ3) is 3.17. The van der Waals surface area contributed by atoms with Crippen molar-refractivity contribution in [3.05, 3.63) is 52.5 Å². The van der Waals surface area contributed by atoms with Crippen molar-refractivity contribution in [3.63, 3.8) is 0 Å². The van der Waals surface area contributed by atoms with Crippen molar-refractivity contribution in [3.8, 4) is 11.5 Å². The Labute approximate surface area is 134 Å². The molecule has 0 atom stereocenters. The number of hydrogen-bond acceptors (Lipinski definition) is 3. The van der Waals surface area contributed by atoms with Crippen LogP contribution in [0.1, 0.15) is 22.8 Å². The minimum atomic E-state index is -0.344. The van der Waals surface area contributed by atoms with E-state index in [1.165, 1.54) is 11.0 Å². The molecule has 2 rings (SSSR count). The molecule has 0 bridgehead atoms. The average molecular weight is 320 g/mol. The highest BCUT2D eigenvalue weighted by Crippen LogP contribution is 2.31. The van der Waals surface area contributed by atoms with Crippen LogP contribution in [0, 0.1) is 6.92 Å². The van der Waals surface area contributed by atoms with Crippen LogP contribution < -0.4 is 9.64 Å². The zero-order valence-corrected chi connectivity index (χ0v) is 13.5. The van der Waals surface area contributed by atoms with Crippen molar-refractivity contribution >= 4 is 23.2 Å². The molecule has 2 aromatic rings. The third-order valence-corrected chi connectivity index (χ3v) is 3.78. The van der Waals surface area contributed by atoms with Gasteiger partial charge in [-0.3, -0.25) is 4.79 Å². The molecule has 0 saturated carbocycles. The lowest BCUT2D eigenvalue weighted by Crippen LogP contribution is -2.27. The quantitative estimate of drug-likeness (QED) is 0.925. The van der Waals surface area contributed by atoms with Gasteiger partial charge in [0.15, 0.2) is 0 Å². The molecule has 0 unspecified atom stereocenters. The van der Waals surface area contributed by atoms with Crippen molar-refractivity contribution < 1.29 is 14.6 Å². The van der Waals surface area contributed by atoms with E-state index < -0.39 is 0 Å². The summed E-state index contributed by atoms with van der Waals surface area (Å²) in [4.78, 5) is 14.2. The molecule has 0 aromatic heterocycles. The number of phenols is 1. The molecule has 0 saturated heterocycles. The van der Waals surface area contributed by atoms with E-state index in [1.807, 2.05) is 19.9 Å². The van der Waals surface area contributed by atoms with Crippen molar-refractivity contribution in [2.45, 2.75) is 13.8 Å². The summed E-state index contributed by atoms with van der Waals surface area (Å²) in [5, 5.41) is 10.7. The van der Waals surface area contributed by atoms with Crippen LogP contribution in [-0.2, 0) is 0 Å². The van der Waals surface area contributed by atoms with Gasteiger partial charge in [0.1, 0.15) is 17.1 Å². The van der Waals surface area contributed by atoms with E-state index in [0.717, 1.165) is 5.56 Å². The second-order valence-corrected chi connectivity index (χ2v) is 5.29. The van der Waals surface area contributed by atoms with Crippen LogP contribution in [0.3, 0.4) is 0 Å². The summed E-state index contributed by atoms with van der Waals surface area (Å²) in [5.74, 6) is -0.0817. The van der Waals surface area contributed by atoms with Crippen molar-refractivity contribution in [2.75, 3.05) is 18.6 Å². The highest BCUT2D eigenvalue weighted by Gasteiger charge is 2.22. The van der Waals surface area contributed by atoms with Gasteiger partial charge in [-0.25, -0.2) is 0 Å². The fourth-order valence-corrected chi connectivity index (χ4v) is 2.25. The van der Waals surface area contributed by atoms with E-state index in [0.29, 0.717) is 23.1 Å². The first-order valence-corrected chi connectivity index (χ1v) is 7.32. The Kier molecular flexibility index (Phi) is 4.93. The fourth-order valence-electron chi connectivity index (χ4n) is 2.13. The summed E-state index contributed by atoms with van der Waals surface area (Å²) >= 11 is 6.01. The van der Waals surface area contributed by atoms with Crippen LogP contribution >= 0.6 is 11.6 Å². The van der Waals surface area contributed by atoms with Gasteiger partial charge in [-0.15, -0.1) is 0 Å². The number of aromatic hydroxyl groups is 1. The van der Waals surface area contributed by atoms with Crippen LogP contribution in [0.25, 0.3) is 0 Å². The molecule has 0 aliphatic carbocycles. The Hall–Kier alpha value is -2.20. The van der Waals surface area contributed by atoms with E-state index in [2.05, 4.69) is 0 Å². The molecule has 2 aromatic carbocycles. The maximum absolute atomic E-state index is 12.7. The Morgan fingerprint density at radius 1 is 1.32 bits per heavy atom. The summed E-state index contributed by atoms with van der Waals surface area (Å²) in [5.41, 5.74) is 1.72. The van der Waals surface area contributed by atoms with Gasteiger partial charge >= 0.3 is 0 Å². The number of ether oxygens (including phenoxy) is 1. The lowest BCUT2D eigenvalue weighted by Gasteiger charge is -2.20. The number of benzene rings is 2. The number of rotatable bonds is 4. The predicted molar refractivity (Wildman–Crippen MR) is 88.2 cm³/mol. The normalized spacial score (nSPS) is 10.4. The number of aryl methyl sites for hydroxylation is 1.